The molecule has 1 fully saturated rings. The average Bonchev–Trinajstić information content (AvgIpc) is 2.67. The number of amides is 1. The average molecular weight is 358 g/mol. The van der Waals surface area contributed by atoms with Gasteiger partial charge in [0.1, 0.15) is 11.6 Å². The molecule has 1 aliphatic heterocycles. The lowest BCUT2D eigenvalue weighted by Crippen LogP contribution is -2.41. The summed E-state index contributed by atoms with van der Waals surface area (Å²) in [5.74, 6) is 0.224. The molecule has 3 rings (SSSR count). The largest absolute Gasteiger partial charge is 0.378 e. The Morgan fingerprint density at radius 2 is 1.85 bits per heavy atom. The zero-order valence-electron chi connectivity index (χ0n) is 15.0. The Morgan fingerprint density at radius 3 is 2.46 bits per heavy atom. The van der Waals surface area contributed by atoms with Crippen molar-refractivity contribution in [1.29, 1.82) is 0 Å². The van der Waals surface area contributed by atoms with E-state index < -0.39 is 0 Å². The fourth-order valence-electron chi connectivity index (χ4n) is 2.78. The van der Waals surface area contributed by atoms with Gasteiger partial charge in [0.15, 0.2) is 5.69 Å². The summed E-state index contributed by atoms with van der Waals surface area (Å²) < 4.78 is 18.3. The third-order valence-corrected chi connectivity index (χ3v) is 4.52. The lowest BCUT2D eigenvalue weighted by molar-refractivity contribution is 0.0298. The highest BCUT2D eigenvalue weighted by Crippen LogP contribution is 2.23. The first-order chi connectivity index (χ1) is 12.5. The fourth-order valence-corrected chi connectivity index (χ4v) is 2.78. The van der Waals surface area contributed by atoms with Gasteiger partial charge in [-0.05, 0) is 29.8 Å². The minimum atomic E-state index is -0.246. The van der Waals surface area contributed by atoms with Gasteiger partial charge in [-0.1, -0.05) is 26.0 Å². The highest BCUT2D eigenvalue weighted by Gasteiger charge is 2.22. The fraction of sp³-hybridized carbons (Fsp3) is 0.421. The number of carbonyl (C=O) groups is 1. The van der Waals surface area contributed by atoms with Crippen molar-refractivity contribution < 1.29 is 13.9 Å². The van der Waals surface area contributed by atoms with E-state index in [1.807, 2.05) is 0 Å². The van der Waals surface area contributed by atoms with Gasteiger partial charge in [0.25, 0.3) is 5.91 Å². The molecule has 26 heavy (non-hydrogen) atoms. The standard InChI is InChI=1S/C19H23FN4O2/c1-19(2,14-3-5-15(20)6-4-14)13-21-17-8-7-16(22-23-17)18(25)24-9-11-26-12-10-24/h3-8H,9-13H2,1-2H3,(H,21,23). The van der Waals surface area contributed by atoms with Gasteiger partial charge in [0, 0.05) is 25.0 Å². The quantitative estimate of drug-likeness (QED) is 0.889. The summed E-state index contributed by atoms with van der Waals surface area (Å²) >= 11 is 0. The van der Waals surface area contributed by atoms with Gasteiger partial charge in [0.2, 0.25) is 0 Å². The third-order valence-electron chi connectivity index (χ3n) is 4.52. The van der Waals surface area contributed by atoms with Crippen molar-refractivity contribution >= 4 is 11.7 Å². The van der Waals surface area contributed by atoms with Gasteiger partial charge in [-0.2, -0.15) is 0 Å². The number of nitrogens with zero attached hydrogens (tertiary/aromatic N) is 3. The summed E-state index contributed by atoms with van der Waals surface area (Å²) in [5, 5.41) is 11.4. The second-order valence-electron chi connectivity index (χ2n) is 6.95. The van der Waals surface area contributed by atoms with E-state index in [1.54, 1.807) is 29.2 Å². The van der Waals surface area contributed by atoms with Crippen LogP contribution in [0.2, 0.25) is 0 Å². The smallest absolute Gasteiger partial charge is 0.274 e. The molecule has 0 saturated carbocycles. The van der Waals surface area contributed by atoms with Crippen LogP contribution in [0.3, 0.4) is 0 Å². The number of morpholine rings is 1. The second-order valence-corrected chi connectivity index (χ2v) is 6.95. The topological polar surface area (TPSA) is 67.4 Å². The van der Waals surface area contributed by atoms with Gasteiger partial charge in [-0.25, -0.2) is 4.39 Å². The summed E-state index contributed by atoms with van der Waals surface area (Å²) in [5.41, 5.74) is 1.14. The van der Waals surface area contributed by atoms with E-state index >= 15 is 0 Å². The Balaban J connectivity index is 1.60. The second kappa shape index (κ2) is 7.78. The van der Waals surface area contributed by atoms with Crippen LogP contribution in [-0.4, -0.2) is 53.9 Å². The van der Waals surface area contributed by atoms with Crippen LogP contribution in [-0.2, 0) is 10.2 Å². The Labute approximate surface area is 152 Å². The van der Waals surface area contributed by atoms with Crippen LogP contribution in [0.15, 0.2) is 36.4 Å². The number of anilines is 1. The molecule has 2 aromatic rings. The Bertz CT molecular complexity index is 741. The summed E-state index contributed by atoms with van der Waals surface area (Å²) in [6, 6.07) is 9.92. The number of hydrogen-bond acceptors (Lipinski definition) is 5. The first-order valence-corrected chi connectivity index (χ1v) is 8.66. The Morgan fingerprint density at radius 1 is 1.15 bits per heavy atom. The molecule has 1 amide bonds. The molecule has 1 aromatic heterocycles. The predicted octanol–water partition coefficient (Wildman–Crippen LogP) is 2.48. The molecule has 6 nitrogen and oxygen atoms in total. The zero-order valence-corrected chi connectivity index (χ0v) is 15.0. The molecule has 0 atom stereocenters. The number of halogens is 1. The van der Waals surface area contributed by atoms with Crippen molar-refractivity contribution in [3.05, 3.63) is 53.5 Å². The number of benzene rings is 1. The SMILES string of the molecule is CC(C)(CNc1ccc(C(=O)N2CCOCC2)nn1)c1ccc(F)cc1. The van der Waals surface area contributed by atoms with E-state index in [0.29, 0.717) is 44.4 Å². The van der Waals surface area contributed by atoms with Gasteiger partial charge in [-0.3, -0.25) is 4.79 Å². The summed E-state index contributed by atoms with van der Waals surface area (Å²) in [4.78, 5) is 14.1. The van der Waals surface area contributed by atoms with Gasteiger partial charge in [0.05, 0.1) is 13.2 Å². The van der Waals surface area contributed by atoms with Gasteiger partial charge < -0.3 is 15.0 Å². The van der Waals surface area contributed by atoms with Crippen LogP contribution in [0.1, 0.15) is 29.9 Å². The maximum Gasteiger partial charge on any atom is 0.274 e. The third kappa shape index (κ3) is 4.35. The number of ether oxygens (including phenoxy) is 1. The molecule has 1 aromatic carbocycles. The zero-order chi connectivity index (χ0) is 18.6. The maximum atomic E-state index is 13.1. The van der Waals surface area contributed by atoms with Crippen LogP contribution in [0.25, 0.3) is 0 Å². The van der Waals surface area contributed by atoms with E-state index in [1.165, 1.54) is 12.1 Å². The number of carbonyl (C=O) groups excluding carboxylic acids is 1. The lowest BCUT2D eigenvalue weighted by Gasteiger charge is -2.26. The van der Waals surface area contributed by atoms with Crippen molar-refractivity contribution in [2.24, 2.45) is 0 Å². The molecule has 138 valence electrons. The first-order valence-electron chi connectivity index (χ1n) is 8.66. The minimum absolute atomic E-state index is 0.126. The maximum absolute atomic E-state index is 13.1. The number of aromatic nitrogens is 2. The van der Waals surface area contributed by atoms with Crippen molar-refractivity contribution in [2.75, 3.05) is 38.2 Å². The van der Waals surface area contributed by atoms with E-state index in [9.17, 15) is 9.18 Å². The Hall–Kier alpha value is -2.54. The monoisotopic (exact) mass is 358 g/mol. The number of hydrogen-bond donors (Lipinski definition) is 1. The van der Waals surface area contributed by atoms with Gasteiger partial charge >= 0.3 is 0 Å². The molecule has 0 unspecified atom stereocenters. The minimum Gasteiger partial charge on any atom is -0.378 e. The molecule has 7 heteroatoms. The van der Waals surface area contributed by atoms with Crippen LogP contribution in [0, 0.1) is 5.82 Å². The van der Waals surface area contributed by atoms with Crippen molar-refractivity contribution in [1.82, 2.24) is 15.1 Å². The predicted molar refractivity (Wildman–Crippen MR) is 96.7 cm³/mol. The summed E-state index contributed by atoms with van der Waals surface area (Å²) in [6.07, 6.45) is 0. The van der Waals surface area contributed by atoms with Crippen LogP contribution >= 0.6 is 0 Å². The lowest BCUT2D eigenvalue weighted by atomic mass is 9.84. The molecule has 0 bridgehead atoms. The molecule has 0 radical (unpaired) electrons. The van der Waals surface area contributed by atoms with Crippen LogP contribution < -0.4 is 5.32 Å². The highest BCUT2D eigenvalue weighted by molar-refractivity contribution is 5.92. The van der Waals surface area contributed by atoms with E-state index in [0.717, 1.165) is 5.56 Å². The molecule has 1 N–H and O–H groups in total. The molecular formula is C19H23FN4O2. The highest BCUT2D eigenvalue weighted by atomic mass is 19.1. The molecule has 0 aliphatic carbocycles. The van der Waals surface area contributed by atoms with Crippen molar-refractivity contribution in [2.45, 2.75) is 19.3 Å². The normalized spacial score (nSPS) is 15.0. The molecule has 0 spiro atoms. The number of nitrogens with one attached hydrogen (secondary N) is 1. The molecule has 2 heterocycles. The Kier molecular flexibility index (Phi) is 5.46. The summed E-state index contributed by atoms with van der Waals surface area (Å²) in [7, 11) is 0. The molecule has 1 saturated heterocycles. The molecular weight excluding hydrogens is 335 g/mol. The summed E-state index contributed by atoms with van der Waals surface area (Å²) in [6.45, 7) is 6.99. The van der Waals surface area contributed by atoms with Crippen molar-refractivity contribution in [3.63, 3.8) is 0 Å². The van der Waals surface area contributed by atoms with Crippen molar-refractivity contribution in [3.8, 4) is 0 Å². The van der Waals surface area contributed by atoms with E-state index in [-0.39, 0.29) is 17.1 Å². The van der Waals surface area contributed by atoms with Crippen LogP contribution in [0.4, 0.5) is 10.2 Å². The first kappa shape index (κ1) is 18.3. The number of rotatable bonds is 5. The van der Waals surface area contributed by atoms with Gasteiger partial charge in [-0.15, -0.1) is 10.2 Å². The molecule has 1 aliphatic rings. The van der Waals surface area contributed by atoms with E-state index in [4.69, 9.17) is 4.74 Å². The van der Waals surface area contributed by atoms with E-state index in [2.05, 4.69) is 29.4 Å². The van der Waals surface area contributed by atoms with Crippen LogP contribution in [0.5, 0.6) is 0 Å².